The minimum absolute atomic E-state index is 0.247. The minimum atomic E-state index is -0.656. The van der Waals surface area contributed by atoms with E-state index in [9.17, 15) is 0 Å². The molecular formula is C65H43N5S. The Morgan fingerprint density at radius 1 is 0.338 bits per heavy atom. The second kappa shape index (κ2) is 15.9. The maximum atomic E-state index is 5.59. The molecule has 5 nitrogen and oxygen atoms in total. The zero-order valence-corrected chi connectivity index (χ0v) is 39.8. The van der Waals surface area contributed by atoms with E-state index in [2.05, 4.69) is 202 Å². The van der Waals surface area contributed by atoms with Gasteiger partial charge in [-0.2, -0.15) is 0 Å². The monoisotopic (exact) mass is 925 g/mol. The molecule has 6 heteroatoms. The van der Waals surface area contributed by atoms with Crippen LogP contribution in [0.25, 0.3) is 99.4 Å². The normalized spacial score (nSPS) is 13.7. The van der Waals surface area contributed by atoms with Gasteiger partial charge in [0.1, 0.15) is 0 Å². The fourth-order valence-corrected chi connectivity index (χ4v) is 12.8. The van der Waals surface area contributed by atoms with Crippen LogP contribution >= 0.6 is 11.3 Å². The van der Waals surface area contributed by atoms with Crippen LogP contribution < -0.4 is 0 Å². The summed E-state index contributed by atoms with van der Waals surface area (Å²) in [4.78, 5) is 26.9. The number of fused-ring (bicyclic) bond motifs is 12. The van der Waals surface area contributed by atoms with Gasteiger partial charge in [0.05, 0.1) is 21.3 Å². The zero-order valence-electron chi connectivity index (χ0n) is 39.0. The van der Waals surface area contributed by atoms with E-state index in [1.54, 1.807) is 11.3 Å². The molecule has 0 bridgehead atoms. The van der Waals surface area contributed by atoms with E-state index >= 15 is 0 Å². The van der Waals surface area contributed by atoms with E-state index in [0.717, 1.165) is 71.4 Å². The molecule has 0 saturated carbocycles. The molecule has 0 aliphatic heterocycles. The Labute approximate surface area is 415 Å². The Kier molecular flexibility index (Phi) is 9.26. The topological polar surface area (TPSA) is 64.5 Å². The first-order chi connectivity index (χ1) is 34.9. The van der Waals surface area contributed by atoms with Crippen molar-refractivity contribution in [2.45, 2.75) is 24.7 Å². The SMILES string of the molecule is CC1(C)c2ccccc2C2(c3ccc(-c4nc(-c5cccc(-c6ccccc6)c5)c5sc6ccccc6c5n4)cc3-c3c(-c4nc(-c5ccccc5)nc(-c5ccccc5)n4)cccc32)c2ccccc21. The van der Waals surface area contributed by atoms with Crippen LogP contribution in [0.15, 0.2) is 224 Å². The molecule has 1 spiro atoms. The molecule has 334 valence electrons. The molecule has 71 heavy (non-hydrogen) atoms. The van der Waals surface area contributed by atoms with Crippen molar-refractivity contribution in [2.24, 2.45) is 0 Å². The highest BCUT2D eigenvalue weighted by atomic mass is 32.1. The molecule has 2 aliphatic carbocycles. The summed E-state index contributed by atoms with van der Waals surface area (Å²) in [6.07, 6.45) is 0. The van der Waals surface area contributed by atoms with Crippen molar-refractivity contribution < 1.29 is 0 Å². The molecule has 0 atom stereocenters. The van der Waals surface area contributed by atoms with E-state index < -0.39 is 5.41 Å². The van der Waals surface area contributed by atoms with E-state index in [0.29, 0.717) is 23.3 Å². The Balaban J connectivity index is 1.06. The number of nitrogens with zero attached hydrogens (tertiary/aromatic N) is 5. The quantitative estimate of drug-likeness (QED) is 0.166. The number of thiophene rings is 1. The van der Waals surface area contributed by atoms with Crippen LogP contribution in [0.1, 0.15) is 47.2 Å². The van der Waals surface area contributed by atoms with Crippen LogP contribution in [0.2, 0.25) is 0 Å². The predicted octanol–water partition coefficient (Wildman–Crippen LogP) is 16.0. The molecular weight excluding hydrogens is 883 g/mol. The Bertz CT molecular complexity index is 3980. The molecule has 14 rings (SSSR count). The highest BCUT2D eigenvalue weighted by Gasteiger charge is 2.54. The number of rotatable bonds is 6. The van der Waals surface area contributed by atoms with Gasteiger partial charge < -0.3 is 0 Å². The summed E-state index contributed by atoms with van der Waals surface area (Å²) in [5.74, 6) is 2.53. The lowest BCUT2D eigenvalue weighted by Gasteiger charge is -2.46. The van der Waals surface area contributed by atoms with Crippen LogP contribution in [0, 0.1) is 0 Å². The van der Waals surface area contributed by atoms with Crippen molar-refractivity contribution in [3.8, 4) is 79.1 Å². The lowest BCUT2D eigenvalue weighted by molar-refractivity contribution is 0.563. The number of aromatic nitrogens is 5. The molecule has 0 saturated heterocycles. The third kappa shape index (κ3) is 6.28. The van der Waals surface area contributed by atoms with Crippen molar-refractivity contribution in [1.82, 2.24) is 24.9 Å². The molecule has 3 heterocycles. The molecule has 0 N–H and O–H groups in total. The Morgan fingerprint density at radius 3 is 1.54 bits per heavy atom. The van der Waals surface area contributed by atoms with Gasteiger partial charge >= 0.3 is 0 Å². The van der Waals surface area contributed by atoms with Gasteiger partial charge in [-0.1, -0.05) is 220 Å². The van der Waals surface area contributed by atoms with Gasteiger partial charge in [0.2, 0.25) is 0 Å². The fourth-order valence-electron chi connectivity index (χ4n) is 11.6. The van der Waals surface area contributed by atoms with Crippen molar-refractivity contribution in [3.63, 3.8) is 0 Å². The molecule has 12 aromatic rings. The van der Waals surface area contributed by atoms with Crippen LogP contribution in [0.4, 0.5) is 0 Å². The fraction of sp³-hybridized carbons (Fsp3) is 0.0615. The second-order valence-electron chi connectivity index (χ2n) is 19.1. The van der Waals surface area contributed by atoms with Crippen molar-refractivity contribution in [2.75, 3.05) is 0 Å². The van der Waals surface area contributed by atoms with Crippen molar-refractivity contribution in [1.29, 1.82) is 0 Å². The summed E-state index contributed by atoms with van der Waals surface area (Å²) in [7, 11) is 0. The second-order valence-corrected chi connectivity index (χ2v) is 20.2. The maximum Gasteiger partial charge on any atom is 0.164 e. The average molecular weight is 926 g/mol. The van der Waals surface area contributed by atoms with Crippen LogP contribution in [-0.2, 0) is 10.8 Å². The molecule has 9 aromatic carbocycles. The summed E-state index contributed by atoms with van der Waals surface area (Å²) >= 11 is 1.76. The van der Waals surface area contributed by atoms with Crippen LogP contribution in [-0.4, -0.2) is 24.9 Å². The van der Waals surface area contributed by atoms with E-state index in [4.69, 9.17) is 24.9 Å². The third-order valence-corrected chi connectivity index (χ3v) is 16.0. The lowest BCUT2D eigenvalue weighted by Crippen LogP contribution is -2.40. The molecule has 2 aliphatic rings. The van der Waals surface area contributed by atoms with Gasteiger partial charge in [0.25, 0.3) is 0 Å². The smallest absolute Gasteiger partial charge is 0.164 e. The first-order valence-corrected chi connectivity index (χ1v) is 25.0. The molecule has 0 unspecified atom stereocenters. The Hall–Kier alpha value is -8.71. The summed E-state index contributed by atoms with van der Waals surface area (Å²) < 4.78 is 2.26. The van der Waals surface area contributed by atoms with Gasteiger partial charge in [-0.3, -0.25) is 0 Å². The summed E-state index contributed by atoms with van der Waals surface area (Å²) in [5.41, 5.74) is 17.8. The van der Waals surface area contributed by atoms with Crippen LogP contribution in [0.3, 0.4) is 0 Å². The number of benzene rings is 9. The van der Waals surface area contributed by atoms with Gasteiger partial charge in [-0.25, -0.2) is 24.9 Å². The minimum Gasteiger partial charge on any atom is -0.226 e. The van der Waals surface area contributed by atoms with Crippen molar-refractivity contribution in [3.05, 3.63) is 258 Å². The first-order valence-electron chi connectivity index (χ1n) is 24.2. The molecule has 0 fully saturated rings. The van der Waals surface area contributed by atoms with Crippen molar-refractivity contribution >= 4 is 31.6 Å². The summed E-state index contributed by atoms with van der Waals surface area (Å²) in [5, 5.41) is 1.13. The van der Waals surface area contributed by atoms with E-state index in [-0.39, 0.29) is 5.41 Å². The zero-order chi connectivity index (χ0) is 47.3. The van der Waals surface area contributed by atoms with E-state index in [1.807, 2.05) is 36.4 Å². The molecule has 0 amide bonds. The van der Waals surface area contributed by atoms with E-state index in [1.165, 1.54) is 38.1 Å². The Morgan fingerprint density at radius 2 is 0.859 bits per heavy atom. The first kappa shape index (κ1) is 41.3. The molecule has 3 aromatic heterocycles. The maximum absolute atomic E-state index is 5.59. The lowest BCUT2D eigenvalue weighted by atomic mass is 9.55. The predicted molar refractivity (Wildman–Crippen MR) is 290 cm³/mol. The standard InChI is InChI=1S/C65H43N5S/c1-64(2)50-30-13-15-32-52(50)65(53-33-16-14-31-51(53)64)49-37-36-45(62-66-57(59-58(67-62)46-28-12-17-35-55(46)71-59)44-27-18-26-43(38-44)40-20-6-3-7-21-40)39-48(49)56-47(29-19-34-54(56)65)63-69-60(41-22-8-4-9-23-41)68-61(70-63)42-24-10-5-11-25-42/h3-39H,1-2H3. The number of hydrogen-bond acceptors (Lipinski definition) is 6. The third-order valence-electron chi connectivity index (χ3n) is 14.8. The van der Waals surface area contributed by atoms with Gasteiger partial charge in [0, 0.05) is 43.3 Å². The largest absolute Gasteiger partial charge is 0.226 e. The highest BCUT2D eigenvalue weighted by molar-refractivity contribution is 7.26. The summed E-state index contributed by atoms with van der Waals surface area (Å²) in [6, 6.07) is 80.2. The van der Waals surface area contributed by atoms with Gasteiger partial charge in [-0.15, -0.1) is 11.3 Å². The average Bonchev–Trinajstić information content (AvgIpc) is 3.97. The van der Waals surface area contributed by atoms with Gasteiger partial charge in [0.15, 0.2) is 23.3 Å². The van der Waals surface area contributed by atoms with Gasteiger partial charge in [-0.05, 0) is 73.8 Å². The number of hydrogen-bond donors (Lipinski definition) is 0. The highest BCUT2D eigenvalue weighted by Crippen LogP contribution is 2.63. The van der Waals surface area contributed by atoms with Crippen LogP contribution in [0.5, 0.6) is 0 Å². The summed E-state index contributed by atoms with van der Waals surface area (Å²) in [6.45, 7) is 4.73. The molecule has 0 radical (unpaired) electrons.